The lowest BCUT2D eigenvalue weighted by Crippen LogP contribution is -2.25. The molecule has 4 heteroatoms. The lowest BCUT2D eigenvalue weighted by Gasteiger charge is -2.26. The second-order valence-corrected chi connectivity index (χ2v) is 8.19. The largest absolute Gasteiger partial charge is 0.489 e. The number of ether oxygens (including phenoxy) is 1. The van der Waals surface area contributed by atoms with Gasteiger partial charge >= 0.3 is 0 Å². The Hall–Kier alpha value is -2.49. The Kier molecular flexibility index (Phi) is 5.56. The molecule has 1 N–H and O–H groups in total. The van der Waals surface area contributed by atoms with E-state index >= 15 is 0 Å². The number of carbonyl (C=O) groups is 1. The van der Waals surface area contributed by atoms with E-state index in [9.17, 15) is 4.79 Å². The van der Waals surface area contributed by atoms with Crippen molar-refractivity contribution >= 4 is 11.6 Å². The molecule has 28 heavy (non-hydrogen) atoms. The minimum atomic E-state index is -0.0143. The van der Waals surface area contributed by atoms with E-state index in [0.29, 0.717) is 0 Å². The van der Waals surface area contributed by atoms with Crippen LogP contribution in [0.15, 0.2) is 48.5 Å². The predicted octanol–water partition coefficient (Wildman–Crippen LogP) is 4.81. The maximum atomic E-state index is 11.2. The van der Waals surface area contributed by atoms with E-state index in [-0.39, 0.29) is 18.1 Å². The van der Waals surface area contributed by atoms with Crippen molar-refractivity contribution in [2.75, 3.05) is 18.0 Å². The molecule has 148 valence electrons. The van der Waals surface area contributed by atoms with Crippen molar-refractivity contribution in [3.8, 4) is 5.75 Å². The maximum Gasteiger partial charge on any atom is 0.217 e. The van der Waals surface area contributed by atoms with Gasteiger partial charge in [-0.1, -0.05) is 30.7 Å². The number of hydrogen-bond acceptors (Lipinski definition) is 3. The molecule has 2 aliphatic rings. The van der Waals surface area contributed by atoms with Crippen molar-refractivity contribution in [1.29, 1.82) is 0 Å². The molecule has 0 bridgehead atoms. The average molecular weight is 379 g/mol. The van der Waals surface area contributed by atoms with Crippen LogP contribution >= 0.6 is 0 Å². The minimum absolute atomic E-state index is 0.0106. The van der Waals surface area contributed by atoms with E-state index in [1.165, 1.54) is 30.5 Å². The fourth-order valence-electron chi connectivity index (χ4n) is 4.17. The fraction of sp³-hybridized carbons (Fsp3) is 0.458. The predicted molar refractivity (Wildman–Crippen MR) is 113 cm³/mol. The van der Waals surface area contributed by atoms with Gasteiger partial charge in [0.2, 0.25) is 5.91 Å². The summed E-state index contributed by atoms with van der Waals surface area (Å²) in [6.07, 6.45) is 5.33. The van der Waals surface area contributed by atoms with E-state index in [1.807, 2.05) is 31.2 Å². The molecule has 2 fully saturated rings. The van der Waals surface area contributed by atoms with E-state index in [4.69, 9.17) is 4.74 Å². The van der Waals surface area contributed by atoms with Crippen molar-refractivity contribution in [3.05, 3.63) is 59.7 Å². The van der Waals surface area contributed by atoms with Crippen molar-refractivity contribution in [2.45, 2.75) is 57.6 Å². The van der Waals surface area contributed by atoms with Crippen LogP contribution in [0.2, 0.25) is 0 Å². The smallest absolute Gasteiger partial charge is 0.217 e. The highest BCUT2D eigenvalue weighted by molar-refractivity contribution is 5.73. The SMILES string of the molecule is CC(=O)N[C@@H](C)c1ccc(O[C@@H]2CCN(c3ccc(C4CCC4)cc3)C2)cc1. The zero-order valence-corrected chi connectivity index (χ0v) is 16.9. The second-order valence-electron chi connectivity index (χ2n) is 8.19. The van der Waals surface area contributed by atoms with Gasteiger partial charge in [-0.2, -0.15) is 0 Å². The van der Waals surface area contributed by atoms with Gasteiger partial charge in [-0.25, -0.2) is 0 Å². The van der Waals surface area contributed by atoms with Crippen LogP contribution < -0.4 is 15.0 Å². The third-order valence-corrected chi connectivity index (χ3v) is 6.08. The minimum Gasteiger partial charge on any atom is -0.489 e. The molecule has 0 spiro atoms. The fourth-order valence-corrected chi connectivity index (χ4v) is 4.17. The van der Waals surface area contributed by atoms with Gasteiger partial charge in [-0.05, 0) is 61.1 Å². The summed E-state index contributed by atoms with van der Waals surface area (Å²) in [6, 6.07) is 17.2. The summed E-state index contributed by atoms with van der Waals surface area (Å²) in [6.45, 7) is 5.49. The van der Waals surface area contributed by atoms with Gasteiger partial charge in [-0.3, -0.25) is 4.79 Å². The van der Waals surface area contributed by atoms with Crippen LogP contribution in [0.25, 0.3) is 0 Å². The third kappa shape index (κ3) is 4.32. The molecule has 1 heterocycles. The Morgan fingerprint density at radius 3 is 2.39 bits per heavy atom. The summed E-state index contributed by atoms with van der Waals surface area (Å²) in [5.74, 6) is 1.67. The van der Waals surface area contributed by atoms with E-state index in [0.717, 1.165) is 36.7 Å². The molecular formula is C24H30N2O2. The van der Waals surface area contributed by atoms with Crippen molar-refractivity contribution in [2.24, 2.45) is 0 Å². The molecule has 1 aliphatic carbocycles. The average Bonchev–Trinajstić information content (AvgIpc) is 3.09. The van der Waals surface area contributed by atoms with Gasteiger partial charge in [0.1, 0.15) is 11.9 Å². The van der Waals surface area contributed by atoms with E-state index in [2.05, 4.69) is 34.5 Å². The summed E-state index contributed by atoms with van der Waals surface area (Å²) >= 11 is 0. The molecule has 0 aromatic heterocycles. The van der Waals surface area contributed by atoms with Crippen LogP contribution in [0, 0.1) is 0 Å². The van der Waals surface area contributed by atoms with Crippen molar-refractivity contribution in [3.63, 3.8) is 0 Å². The highest BCUT2D eigenvalue weighted by atomic mass is 16.5. The zero-order valence-electron chi connectivity index (χ0n) is 16.9. The highest BCUT2D eigenvalue weighted by Gasteiger charge is 2.25. The lowest BCUT2D eigenvalue weighted by molar-refractivity contribution is -0.119. The van der Waals surface area contributed by atoms with Gasteiger partial charge < -0.3 is 15.0 Å². The van der Waals surface area contributed by atoms with Crippen LogP contribution in [-0.4, -0.2) is 25.1 Å². The van der Waals surface area contributed by atoms with Crippen molar-refractivity contribution in [1.82, 2.24) is 5.32 Å². The van der Waals surface area contributed by atoms with Gasteiger partial charge in [0.15, 0.2) is 0 Å². The first kappa shape index (κ1) is 18.9. The van der Waals surface area contributed by atoms with Gasteiger partial charge in [0.05, 0.1) is 12.6 Å². The summed E-state index contributed by atoms with van der Waals surface area (Å²) in [4.78, 5) is 13.6. The van der Waals surface area contributed by atoms with Crippen LogP contribution in [0.1, 0.15) is 62.6 Å². The topological polar surface area (TPSA) is 41.6 Å². The lowest BCUT2D eigenvalue weighted by atomic mass is 9.80. The molecule has 2 aromatic rings. The molecule has 4 nitrogen and oxygen atoms in total. The Balaban J connectivity index is 1.31. The quantitative estimate of drug-likeness (QED) is 0.784. The first-order chi connectivity index (χ1) is 13.6. The Labute approximate surface area is 167 Å². The Morgan fingerprint density at radius 1 is 1.07 bits per heavy atom. The summed E-state index contributed by atoms with van der Waals surface area (Å²) in [5, 5.41) is 2.91. The molecule has 1 amide bonds. The van der Waals surface area contributed by atoms with E-state index < -0.39 is 0 Å². The summed E-state index contributed by atoms with van der Waals surface area (Å²) in [7, 11) is 0. The molecule has 4 rings (SSSR count). The molecule has 2 atom stereocenters. The monoisotopic (exact) mass is 378 g/mol. The first-order valence-electron chi connectivity index (χ1n) is 10.5. The van der Waals surface area contributed by atoms with Crippen LogP contribution in [0.5, 0.6) is 5.75 Å². The number of rotatable bonds is 6. The van der Waals surface area contributed by atoms with Crippen LogP contribution in [-0.2, 0) is 4.79 Å². The number of hydrogen-bond donors (Lipinski definition) is 1. The molecule has 2 aromatic carbocycles. The van der Waals surface area contributed by atoms with E-state index in [1.54, 1.807) is 6.92 Å². The summed E-state index contributed by atoms with van der Waals surface area (Å²) < 4.78 is 6.20. The van der Waals surface area contributed by atoms with Gasteiger partial charge in [0, 0.05) is 25.6 Å². The zero-order chi connectivity index (χ0) is 19.5. The number of nitrogens with one attached hydrogen (secondary N) is 1. The van der Waals surface area contributed by atoms with Crippen LogP contribution in [0.4, 0.5) is 5.69 Å². The Morgan fingerprint density at radius 2 is 1.79 bits per heavy atom. The van der Waals surface area contributed by atoms with Crippen molar-refractivity contribution < 1.29 is 9.53 Å². The molecule has 1 aliphatic heterocycles. The number of amides is 1. The second kappa shape index (κ2) is 8.26. The third-order valence-electron chi connectivity index (χ3n) is 6.08. The normalized spacial score (nSPS) is 20.5. The molecular weight excluding hydrogens is 348 g/mol. The molecule has 0 unspecified atom stereocenters. The Bertz CT molecular complexity index is 796. The van der Waals surface area contributed by atoms with Crippen LogP contribution in [0.3, 0.4) is 0 Å². The number of benzene rings is 2. The highest BCUT2D eigenvalue weighted by Crippen LogP contribution is 2.37. The molecule has 1 saturated heterocycles. The summed E-state index contributed by atoms with van der Waals surface area (Å²) in [5.41, 5.74) is 3.88. The maximum absolute atomic E-state index is 11.2. The number of carbonyl (C=O) groups excluding carboxylic acids is 1. The molecule has 1 saturated carbocycles. The molecule has 0 radical (unpaired) electrons. The standard InChI is InChI=1S/C24H30N2O2/c1-17(25-18(2)27)19-8-12-23(13-9-19)28-24-14-15-26(16-24)22-10-6-21(7-11-22)20-4-3-5-20/h6-13,17,20,24H,3-5,14-16H2,1-2H3,(H,25,27)/t17-,24+/m0/s1. The number of anilines is 1. The first-order valence-corrected chi connectivity index (χ1v) is 10.5. The number of nitrogens with zero attached hydrogens (tertiary/aromatic N) is 1. The van der Waals surface area contributed by atoms with Gasteiger partial charge in [0.25, 0.3) is 0 Å². The van der Waals surface area contributed by atoms with Gasteiger partial charge in [-0.15, -0.1) is 0 Å².